The predicted molar refractivity (Wildman–Crippen MR) is 220 cm³/mol. The molecule has 2 fully saturated rings. The highest BCUT2D eigenvalue weighted by atomic mass is 32.2. The summed E-state index contributed by atoms with van der Waals surface area (Å²) in [6.45, 7) is 7.63. The van der Waals surface area contributed by atoms with Crippen molar-refractivity contribution in [3.8, 4) is 5.75 Å². The van der Waals surface area contributed by atoms with Crippen LogP contribution >= 0.6 is 0 Å². The van der Waals surface area contributed by atoms with Crippen molar-refractivity contribution in [2.75, 3.05) is 11.5 Å². The van der Waals surface area contributed by atoms with Gasteiger partial charge in [-0.2, -0.15) is 22.0 Å². The van der Waals surface area contributed by atoms with Gasteiger partial charge in [0.15, 0.2) is 0 Å². The highest BCUT2D eigenvalue weighted by Crippen LogP contribution is 2.62. The normalized spacial score (nSPS) is 25.3. The van der Waals surface area contributed by atoms with Crippen molar-refractivity contribution in [3.63, 3.8) is 0 Å². The van der Waals surface area contributed by atoms with Gasteiger partial charge in [-0.25, -0.2) is 9.59 Å². The van der Waals surface area contributed by atoms with Gasteiger partial charge in [-0.05, 0) is 136 Å². The van der Waals surface area contributed by atoms with E-state index in [4.69, 9.17) is 9.47 Å². The van der Waals surface area contributed by atoms with Crippen LogP contribution in [0.3, 0.4) is 0 Å². The number of carbonyl (C=O) groups is 2. The first-order chi connectivity index (χ1) is 27.8. The molecule has 0 bridgehead atoms. The topological polar surface area (TPSA) is 108 Å². The van der Waals surface area contributed by atoms with Crippen LogP contribution in [0, 0.1) is 23.2 Å². The maximum Gasteiger partial charge on any atom is 0.453 e. The minimum absolute atomic E-state index is 0.0830. The van der Waals surface area contributed by atoms with Crippen molar-refractivity contribution in [2.24, 2.45) is 23.2 Å². The fourth-order valence-corrected chi connectivity index (χ4v) is 11.2. The van der Waals surface area contributed by atoms with E-state index in [9.17, 15) is 41.2 Å². The lowest BCUT2D eigenvalue weighted by Crippen LogP contribution is -2.47. The van der Waals surface area contributed by atoms with Crippen molar-refractivity contribution < 1.29 is 50.7 Å². The number of nitrogens with one attached hydrogen (secondary N) is 1. The number of unbranched alkanes of at least 4 members (excludes halogenated alkanes) is 6. The minimum Gasteiger partial charge on any atom is -0.616 e. The molecule has 0 saturated heterocycles. The highest BCUT2D eigenvalue weighted by Gasteiger charge is 2.57. The summed E-state index contributed by atoms with van der Waals surface area (Å²) in [6, 6.07) is 14.4. The molecule has 3 aliphatic rings. The molecule has 7 nitrogen and oxygen atoms in total. The summed E-state index contributed by atoms with van der Waals surface area (Å²) in [5, 5.41) is 13.9. The van der Waals surface area contributed by atoms with Crippen LogP contribution in [0.5, 0.6) is 5.75 Å². The van der Waals surface area contributed by atoms with Crippen LogP contribution in [-0.2, 0) is 33.5 Å². The van der Waals surface area contributed by atoms with Crippen LogP contribution in [0.2, 0.25) is 0 Å². The number of benzene rings is 2. The molecule has 8 atom stereocenters. The first-order valence-electron chi connectivity index (χ1n) is 21.6. The Hall–Kier alpha value is -2.90. The van der Waals surface area contributed by atoms with Crippen LogP contribution in [-0.4, -0.2) is 63.1 Å². The molecule has 2 N–H and O–H groups in total. The van der Waals surface area contributed by atoms with Crippen LogP contribution < -0.4 is 10.1 Å². The minimum atomic E-state index is -5.57. The van der Waals surface area contributed by atoms with Gasteiger partial charge in [0.2, 0.25) is 0 Å². The van der Waals surface area contributed by atoms with Crippen molar-refractivity contribution in [2.45, 2.75) is 166 Å². The zero-order valence-electron chi connectivity index (χ0n) is 35.1. The molecule has 0 aromatic heterocycles. The molecule has 0 radical (unpaired) electrons. The molecule has 2 saturated carbocycles. The van der Waals surface area contributed by atoms with Gasteiger partial charge in [-0.1, -0.05) is 86.6 Å². The number of aliphatic hydroxyl groups excluding tert-OH is 1. The molecule has 330 valence electrons. The Bertz CT molecular complexity index is 1670. The summed E-state index contributed by atoms with van der Waals surface area (Å²) in [6.07, 6.45) is 4.30. The molecule has 0 aliphatic heterocycles. The summed E-state index contributed by atoms with van der Waals surface area (Å²) >= 11 is -1.40. The monoisotopic (exact) mass is 853 g/mol. The van der Waals surface area contributed by atoms with E-state index in [1.807, 2.05) is 42.5 Å². The van der Waals surface area contributed by atoms with Gasteiger partial charge < -0.3 is 24.4 Å². The number of aliphatic hydroxyl groups is 1. The molecule has 5 rings (SSSR count). The van der Waals surface area contributed by atoms with Crippen LogP contribution in [0.25, 0.3) is 0 Å². The van der Waals surface area contributed by atoms with Crippen molar-refractivity contribution in [1.82, 2.24) is 5.32 Å². The number of rotatable bonds is 19. The number of fused-ring (bicyclic) bond motifs is 5. The Balaban J connectivity index is 1.14. The van der Waals surface area contributed by atoms with E-state index in [-0.39, 0.29) is 23.7 Å². The van der Waals surface area contributed by atoms with Crippen LogP contribution in [0.15, 0.2) is 48.5 Å². The second-order valence-electron chi connectivity index (χ2n) is 18.5. The third kappa shape index (κ3) is 12.8. The molecule has 3 aliphatic carbocycles. The van der Waals surface area contributed by atoms with Gasteiger partial charge in [0, 0.05) is 12.8 Å². The summed E-state index contributed by atoms with van der Waals surface area (Å²) in [5.41, 5.74) is 2.55. The molecule has 1 amide bonds. The molecule has 2 aromatic rings. The Morgan fingerprint density at radius 1 is 0.915 bits per heavy atom. The first-order valence-corrected chi connectivity index (χ1v) is 23.1. The van der Waals surface area contributed by atoms with Gasteiger partial charge in [-0.3, -0.25) is 0 Å². The number of amides is 1. The molecule has 0 heterocycles. The number of esters is 1. The molecular weight excluding hydrogens is 790 g/mol. The van der Waals surface area contributed by atoms with Crippen molar-refractivity contribution in [1.29, 1.82) is 0 Å². The standard InChI is InChI=1S/C46H64F5NO6S/c1-43(2,3)58-41(54)38(28-31-16-11-10-12-17-31)52-42(55)57-34-19-20-35-33(30-34)29-32(40-36(35)23-25-44(4)37(40)21-22-39(44)53)18-13-8-6-5-7-9-14-26-59(56)27-15-24-45(47,48)46(49,50)51/h10-12,16-17,19-20,30,32,36-40,53H,5-9,13-15,18,21-29H2,1-4H3,(H,52,55)/t32-,36?,37+,38+,39+,40-,44+,59?/m1/s1. The van der Waals surface area contributed by atoms with Gasteiger partial charge in [-0.15, -0.1) is 0 Å². The number of carbonyl (C=O) groups excluding carboxylic acids is 2. The Morgan fingerprint density at radius 3 is 2.25 bits per heavy atom. The Labute approximate surface area is 350 Å². The average molecular weight is 854 g/mol. The van der Waals surface area contributed by atoms with E-state index in [0.29, 0.717) is 41.6 Å². The number of ether oxygens (including phenoxy) is 2. The predicted octanol–water partition coefficient (Wildman–Crippen LogP) is 11.0. The van der Waals surface area contributed by atoms with E-state index < -0.39 is 59.8 Å². The lowest BCUT2D eigenvalue weighted by Gasteiger charge is -2.53. The van der Waals surface area contributed by atoms with Crippen LogP contribution in [0.4, 0.5) is 26.7 Å². The molecule has 13 heteroatoms. The summed E-state index contributed by atoms with van der Waals surface area (Å²) in [7, 11) is 0. The lowest BCUT2D eigenvalue weighted by atomic mass is 9.52. The number of halogens is 5. The van der Waals surface area contributed by atoms with E-state index in [2.05, 4.69) is 18.3 Å². The zero-order valence-corrected chi connectivity index (χ0v) is 35.9. The Kier molecular flexibility index (Phi) is 16.2. The quantitative estimate of drug-likeness (QED) is 0.0631. The molecule has 0 spiro atoms. The average Bonchev–Trinajstić information content (AvgIpc) is 3.46. The second-order valence-corrected chi connectivity index (χ2v) is 20.2. The second kappa shape index (κ2) is 20.3. The first kappa shape index (κ1) is 47.2. The molecule has 2 aromatic carbocycles. The number of alkyl halides is 5. The fourth-order valence-electron chi connectivity index (χ4n) is 10.0. The molecule has 59 heavy (non-hydrogen) atoms. The lowest BCUT2D eigenvalue weighted by molar-refractivity contribution is -0.284. The van der Waals surface area contributed by atoms with E-state index in [0.717, 1.165) is 82.6 Å². The van der Waals surface area contributed by atoms with Gasteiger partial charge in [0.25, 0.3) is 0 Å². The largest absolute Gasteiger partial charge is 0.616 e. The summed E-state index contributed by atoms with van der Waals surface area (Å²) in [4.78, 5) is 26.5. The van der Waals surface area contributed by atoms with Gasteiger partial charge in [0.1, 0.15) is 28.9 Å². The van der Waals surface area contributed by atoms with Gasteiger partial charge in [0.05, 0.1) is 6.10 Å². The van der Waals surface area contributed by atoms with Crippen molar-refractivity contribution >= 4 is 23.2 Å². The van der Waals surface area contributed by atoms with Gasteiger partial charge >= 0.3 is 24.2 Å². The SMILES string of the molecule is CC(C)(C)OC(=O)[C@H](Cc1ccccc1)NC(=O)Oc1ccc2c(c1)C[C@@H](CCCCCCCCC[S+]([O-])CCCC(F)(F)C(F)(F)F)[C@@H]1C2CC[C@]2(C)[C@@H](O)CC[C@@H]12. The number of hydrogen-bond donors (Lipinski definition) is 2. The molecule has 2 unspecified atom stereocenters. The summed E-state index contributed by atoms with van der Waals surface area (Å²) < 4.78 is 86.9. The third-order valence-corrected chi connectivity index (χ3v) is 14.5. The highest BCUT2D eigenvalue weighted by molar-refractivity contribution is 7.91. The van der Waals surface area contributed by atoms with E-state index >= 15 is 0 Å². The smallest absolute Gasteiger partial charge is 0.453 e. The summed E-state index contributed by atoms with van der Waals surface area (Å²) in [5.74, 6) is -3.00. The van der Waals surface area contributed by atoms with Crippen molar-refractivity contribution in [3.05, 3.63) is 65.2 Å². The van der Waals surface area contributed by atoms with E-state index in [1.165, 1.54) is 11.1 Å². The zero-order chi connectivity index (χ0) is 43.0. The Morgan fingerprint density at radius 2 is 1.58 bits per heavy atom. The molecular formula is C46H64F5NO6S. The fraction of sp³-hybridized carbons (Fsp3) is 0.696. The maximum atomic E-state index is 13.3. The number of hydrogen-bond acceptors (Lipinski definition) is 6. The van der Waals surface area contributed by atoms with Crippen LogP contribution in [0.1, 0.15) is 140 Å². The maximum absolute atomic E-state index is 13.3. The van der Waals surface area contributed by atoms with E-state index in [1.54, 1.807) is 20.8 Å². The third-order valence-electron chi connectivity index (χ3n) is 13.0.